The summed E-state index contributed by atoms with van der Waals surface area (Å²) in [5, 5.41) is 0. The fourth-order valence-electron chi connectivity index (χ4n) is 0.800. The van der Waals surface area contributed by atoms with Crippen LogP contribution in [0.5, 0.6) is 0 Å². The van der Waals surface area contributed by atoms with Crippen molar-refractivity contribution in [3.8, 4) is 0 Å². The summed E-state index contributed by atoms with van der Waals surface area (Å²) >= 11 is 0. The molecule has 1 rings (SSSR count). The molecule has 0 unspecified atom stereocenters. The number of hydrogen-bond donors (Lipinski definition) is 1. The van der Waals surface area contributed by atoms with Gasteiger partial charge in [0.15, 0.2) is 0 Å². The molecule has 0 fully saturated rings. The molecule has 0 aromatic carbocycles. The molecule has 0 saturated heterocycles. The van der Waals surface area contributed by atoms with Crippen LogP contribution in [0.15, 0.2) is 18.7 Å². The number of aromatic amines is 1. The van der Waals surface area contributed by atoms with Crippen molar-refractivity contribution >= 4 is 18.2 Å². The molecule has 0 aliphatic carbocycles. The number of rotatable bonds is 3. The van der Waals surface area contributed by atoms with E-state index >= 15 is 0 Å². The largest absolute Gasteiger partial charge is 0.297 e. The molecule has 0 spiro atoms. The maximum Gasteiger partial charge on any atom is 0.226 e. The third kappa shape index (κ3) is 2.15. The maximum absolute atomic E-state index is 3.06. The topological polar surface area (TPSA) is 19.7 Å². The summed E-state index contributed by atoms with van der Waals surface area (Å²) in [5.41, 5.74) is 0. The van der Waals surface area contributed by atoms with E-state index in [1.165, 1.54) is 6.04 Å². The first-order valence-corrected chi connectivity index (χ1v) is 9.08. The van der Waals surface area contributed by atoms with Crippen LogP contribution in [-0.2, 0) is 0 Å². The van der Waals surface area contributed by atoms with Gasteiger partial charge >= 0.3 is 0 Å². The molecule has 0 aliphatic heterocycles. The third-order valence-electron chi connectivity index (χ3n) is 1.37. The molecule has 1 aromatic rings. The third-order valence-corrected chi connectivity index (χ3v) is 7.92. The lowest BCUT2D eigenvalue weighted by Crippen LogP contribution is -2.40. The summed E-state index contributed by atoms with van der Waals surface area (Å²) in [7, 11) is 0.490. The molecule has 4 heteroatoms. The van der Waals surface area contributed by atoms with Gasteiger partial charge in [0.1, 0.15) is 12.4 Å². The van der Waals surface area contributed by atoms with Gasteiger partial charge in [0.2, 0.25) is 15.5 Å². The van der Waals surface area contributed by atoms with E-state index < -0.39 is 0 Å². The van der Waals surface area contributed by atoms with Crippen LogP contribution in [0.2, 0.25) is 6.04 Å². The second-order valence-corrected chi connectivity index (χ2v) is 8.55. The Morgan fingerprint density at radius 2 is 2.56 bits per heavy atom. The Morgan fingerprint density at radius 3 is 3.11 bits per heavy atom. The van der Waals surface area contributed by atoms with Crippen molar-refractivity contribution in [2.24, 2.45) is 0 Å². The number of hydrogen-bond acceptors (Lipinski definition) is 0. The first kappa shape index (κ1) is 6.76. The second-order valence-electron chi connectivity index (χ2n) is 2.20. The van der Waals surface area contributed by atoms with Crippen molar-refractivity contribution in [2.75, 3.05) is 0 Å². The van der Waals surface area contributed by atoms with E-state index in [0.29, 0.717) is 9.04 Å². The summed E-state index contributed by atoms with van der Waals surface area (Å²) in [6, 6.07) is 1.46. The summed E-state index contributed by atoms with van der Waals surface area (Å²) in [4.78, 5) is 3.06. The average Bonchev–Trinajstić information content (AvgIpc) is 2.34. The molecule has 9 heavy (non-hydrogen) atoms. The summed E-state index contributed by atoms with van der Waals surface area (Å²) in [6.45, 7) is 2.30. The highest BCUT2D eigenvalue weighted by molar-refractivity contribution is 6.96. The second kappa shape index (κ2) is 3.63. The highest BCUT2D eigenvalue weighted by Gasteiger charge is 1.94. The number of nitrogens with one attached hydrogen (secondary N) is 1. The highest BCUT2D eigenvalue weighted by Crippen LogP contribution is 1.69. The number of imidazole rings is 1. The minimum atomic E-state index is 0.155. The predicted octanol–water partition coefficient (Wildman–Crippen LogP) is -1.24. The first-order chi connectivity index (χ1) is 4.43. The van der Waals surface area contributed by atoms with Crippen LogP contribution in [-0.4, -0.2) is 23.2 Å². The number of nitrogens with zero attached hydrogens (tertiary/aromatic N) is 1. The van der Waals surface area contributed by atoms with Crippen molar-refractivity contribution in [1.29, 1.82) is 0 Å². The Kier molecular flexibility index (Phi) is 2.72. The van der Waals surface area contributed by atoms with Crippen molar-refractivity contribution in [2.45, 2.75) is 13.0 Å². The van der Waals surface area contributed by atoms with E-state index in [9.17, 15) is 0 Å². The molecule has 1 aromatic heterocycles. The van der Waals surface area contributed by atoms with E-state index in [0.717, 1.165) is 0 Å². The van der Waals surface area contributed by atoms with E-state index in [2.05, 4.69) is 28.7 Å². The molecule has 0 bridgehead atoms. The molecule has 0 amide bonds. The van der Waals surface area contributed by atoms with Crippen LogP contribution in [0.4, 0.5) is 0 Å². The quantitative estimate of drug-likeness (QED) is 0.530. The SMILES string of the molecule is CC[SiH2][SiH2][n+]1cc[nH]c1. The smallest absolute Gasteiger partial charge is 0.226 e. The maximum atomic E-state index is 3.06. The standard InChI is InChI=1S/C5H12N2Si2/c1-2-8-9-7-4-3-6-5-7/h3-5H,2,8-9H2,1H3/p+1. The molecule has 0 aliphatic rings. The molecule has 0 saturated carbocycles. The van der Waals surface area contributed by atoms with Gasteiger partial charge in [-0.25, -0.2) is 0 Å². The zero-order valence-corrected chi connectivity index (χ0v) is 8.63. The van der Waals surface area contributed by atoms with Crippen molar-refractivity contribution in [3.63, 3.8) is 0 Å². The van der Waals surface area contributed by atoms with Gasteiger partial charge in [0, 0.05) is 0 Å². The Balaban J connectivity index is 2.30. The van der Waals surface area contributed by atoms with Crippen molar-refractivity contribution in [1.82, 2.24) is 4.98 Å². The zero-order valence-electron chi connectivity index (χ0n) is 5.80. The predicted molar refractivity (Wildman–Crippen MR) is 44.0 cm³/mol. The summed E-state index contributed by atoms with van der Waals surface area (Å²) < 4.78 is 2.36. The summed E-state index contributed by atoms with van der Waals surface area (Å²) in [6.07, 6.45) is 6.22. The van der Waals surface area contributed by atoms with Crippen LogP contribution in [0.3, 0.4) is 0 Å². The molecule has 0 radical (unpaired) electrons. The monoisotopic (exact) mass is 157 g/mol. The van der Waals surface area contributed by atoms with Gasteiger partial charge in [0.25, 0.3) is 0 Å². The van der Waals surface area contributed by atoms with E-state index in [-0.39, 0.29) is 9.20 Å². The number of H-pyrrole nitrogens is 1. The Bertz CT molecular complexity index is 150. The van der Waals surface area contributed by atoms with Crippen molar-refractivity contribution < 1.29 is 4.23 Å². The van der Waals surface area contributed by atoms with Crippen molar-refractivity contribution in [3.05, 3.63) is 18.7 Å². The molecular weight excluding hydrogens is 144 g/mol. The molecule has 2 nitrogen and oxygen atoms in total. The fourth-order valence-corrected chi connectivity index (χ4v) is 4.85. The number of aromatic nitrogens is 2. The molecule has 1 heterocycles. The molecule has 50 valence electrons. The lowest BCUT2D eigenvalue weighted by Gasteiger charge is -1.87. The van der Waals surface area contributed by atoms with Crippen LogP contribution < -0.4 is 4.23 Å². The van der Waals surface area contributed by atoms with E-state index in [4.69, 9.17) is 0 Å². The highest BCUT2D eigenvalue weighted by atomic mass is 29.1. The average molecular weight is 157 g/mol. The Morgan fingerprint density at radius 1 is 1.67 bits per heavy atom. The lowest BCUT2D eigenvalue weighted by atomic mass is 11.0. The van der Waals surface area contributed by atoms with Gasteiger partial charge in [-0.15, -0.1) is 0 Å². The van der Waals surface area contributed by atoms with Crippen LogP contribution in [0.1, 0.15) is 6.92 Å². The molecular formula is C5H13N2Si2+. The Hall–Kier alpha value is -0.356. The normalized spacial score (nSPS) is 12.6. The van der Waals surface area contributed by atoms with Gasteiger partial charge in [0.05, 0.1) is 9.04 Å². The fraction of sp³-hybridized carbons (Fsp3) is 0.400. The molecule has 1 N–H and O–H groups in total. The van der Waals surface area contributed by atoms with Crippen LogP contribution >= 0.6 is 0 Å². The zero-order chi connectivity index (χ0) is 6.53. The van der Waals surface area contributed by atoms with Gasteiger partial charge in [-0.3, -0.25) is 9.22 Å². The first-order valence-electron chi connectivity index (χ1n) is 3.45. The van der Waals surface area contributed by atoms with Crippen LogP contribution in [0.25, 0.3) is 0 Å². The van der Waals surface area contributed by atoms with Gasteiger partial charge in [-0.2, -0.15) is 0 Å². The van der Waals surface area contributed by atoms with E-state index in [1.54, 1.807) is 0 Å². The molecule has 0 atom stereocenters. The van der Waals surface area contributed by atoms with Gasteiger partial charge in [-0.1, -0.05) is 13.0 Å². The minimum Gasteiger partial charge on any atom is -0.297 e. The lowest BCUT2D eigenvalue weighted by molar-refractivity contribution is -0.523. The minimum absolute atomic E-state index is 0.155. The van der Waals surface area contributed by atoms with E-state index in [1.807, 2.05) is 6.20 Å². The van der Waals surface area contributed by atoms with Crippen LogP contribution in [0, 0.1) is 0 Å². The van der Waals surface area contributed by atoms with Gasteiger partial charge < -0.3 is 0 Å². The summed E-state index contributed by atoms with van der Waals surface area (Å²) in [5.74, 6) is 0. The van der Waals surface area contributed by atoms with Gasteiger partial charge in [-0.05, 0) is 0 Å². The Labute approximate surface area is 59.8 Å².